The molecule has 0 aliphatic carbocycles. The zero-order chi connectivity index (χ0) is 16.6. The highest BCUT2D eigenvalue weighted by Crippen LogP contribution is 2.33. The molecule has 0 atom stereocenters. The van der Waals surface area contributed by atoms with E-state index < -0.39 is 0 Å². The fraction of sp³-hybridized carbons (Fsp3) is 0.412. The van der Waals surface area contributed by atoms with E-state index in [4.69, 9.17) is 23.1 Å². The highest BCUT2D eigenvalue weighted by atomic mass is 35.5. The maximum absolute atomic E-state index is 6.37. The average Bonchev–Trinajstić information content (AvgIpc) is 2.50. The molecule has 2 heterocycles. The van der Waals surface area contributed by atoms with E-state index in [0.29, 0.717) is 16.5 Å². The van der Waals surface area contributed by atoms with Crippen LogP contribution in [0.4, 0.5) is 11.6 Å². The summed E-state index contributed by atoms with van der Waals surface area (Å²) in [5.41, 5.74) is 14.7. The molecule has 0 radical (unpaired) electrons. The van der Waals surface area contributed by atoms with Crippen LogP contribution in [0.5, 0.6) is 0 Å². The molecule has 1 aliphatic rings. The van der Waals surface area contributed by atoms with Gasteiger partial charge in [-0.25, -0.2) is 9.97 Å². The van der Waals surface area contributed by atoms with Crippen LogP contribution in [0.25, 0.3) is 11.3 Å². The van der Waals surface area contributed by atoms with E-state index in [-0.39, 0.29) is 5.54 Å². The lowest BCUT2D eigenvalue weighted by molar-refractivity contribution is 0.363. The monoisotopic (exact) mass is 331 g/mol. The standard InChI is InChI=1S/C17H22ClN5/c1-11-4-3-5-12(14(11)18)15-16(19)22-13(10-21-15)23-8-6-17(2,20)7-9-23/h3-5,10H,6-9,20H2,1-2H3,(H2,19,22). The van der Waals surface area contributed by atoms with E-state index >= 15 is 0 Å². The van der Waals surface area contributed by atoms with Crippen LogP contribution in [0.1, 0.15) is 25.3 Å². The van der Waals surface area contributed by atoms with Crippen LogP contribution in [0.2, 0.25) is 5.02 Å². The Morgan fingerprint density at radius 3 is 2.61 bits per heavy atom. The Bertz CT molecular complexity index is 719. The molecule has 4 N–H and O–H groups in total. The molecule has 0 saturated carbocycles. The zero-order valence-electron chi connectivity index (χ0n) is 13.5. The van der Waals surface area contributed by atoms with Crippen LogP contribution in [0, 0.1) is 6.92 Å². The van der Waals surface area contributed by atoms with E-state index in [1.54, 1.807) is 6.20 Å². The number of aryl methyl sites for hydroxylation is 1. The number of aromatic nitrogens is 2. The van der Waals surface area contributed by atoms with Crippen molar-refractivity contribution in [1.82, 2.24) is 9.97 Å². The molecule has 2 aromatic rings. The van der Waals surface area contributed by atoms with E-state index in [1.165, 1.54) is 0 Å². The van der Waals surface area contributed by atoms with Crippen molar-refractivity contribution in [3.63, 3.8) is 0 Å². The highest BCUT2D eigenvalue weighted by Gasteiger charge is 2.27. The number of halogens is 1. The van der Waals surface area contributed by atoms with Gasteiger partial charge in [-0.05, 0) is 32.3 Å². The van der Waals surface area contributed by atoms with Crippen molar-refractivity contribution in [2.24, 2.45) is 5.73 Å². The van der Waals surface area contributed by atoms with Gasteiger partial charge in [0.1, 0.15) is 11.5 Å². The molecule has 1 aliphatic heterocycles. The summed E-state index contributed by atoms with van der Waals surface area (Å²) in [6, 6.07) is 5.82. The number of nitrogens with two attached hydrogens (primary N) is 2. The average molecular weight is 332 g/mol. The number of hydrogen-bond donors (Lipinski definition) is 2. The number of hydrogen-bond acceptors (Lipinski definition) is 5. The summed E-state index contributed by atoms with van der Waals surface area (Å²) in [7, 11) is 0. The van der Waals surface area contributed by atoms with Crippen LogP contribution in [0.15, 0.2) is 24.4 Å². The Balaban J connectivity index is 1.88. The van der Waals surface area contributed by atoms with Crippen molar-refractivity contribution in [1.29, 1.82) is 0 Å². The molecule has 3 rings (SSSR count). The van der Waals surface area contributed by atoms with Gasteiger partial charge in [0.05, 0.1) is 11.2 Å². The number of anilines is 2. The summed E-state index contributed by atoms with van der Waals surface area (Å²) in [6.45, 7) is 5.78. The minimum atomic E-state index is -0.0928. The largest absolute Gasteiger partial charge is 0.382 e. The number of nitrogens with zero attached hydrogens (tertiary/aromatic N) is 3. The van der Waals surface area contributed by atoms with Crippen LogP contribution in [0.3, 0.4) is 0 Å². The summed E-state index contributed by atoms with van der Waals surface area (Å²) in [5, 5.41) is 0.665. The normalized spacial score (nSPS) is 17.3. The zero-order valence-corrected chi connectivity index (χ0v) is 14.3. The fourth-order valence-corrected chi connectivity index (χ4v) is 3.05. The molecule has 1 aromatic heterocycles. The SMILES string of the molecule is Cc1cccc(-c2ncc(N3CCC(C)(N)CC3)nc2N)c1Cl. The first kappa shape index (κ1) is 16.0. The Hall–Kier alpha value is -1.85. The van der Waals surface area contributed by atoms with Gasteiger partial charge in [0, 0.05) is 24.2 Å². The second kappa shape index (κ2) is 5.98. The van der Waals surface area contributed by atoms with E-state index in [2.05, 4.69) is 21.8 Å². The Morgan fingerprint density at radius 2 is 1.96 bits per heavy atom. The van der Waals surface area contributed by atoms with Gasteiger partial charge in [0.15, 0.2) is 5.82 Å². The third-order valence-corrected chi connectivity index (χ3v) is 4.97. The van der Waals surface area contributed by atoms with Gasteiger partial charge in [-0.1, -0.05) is 29.8 Å². The number of benzene rings is 1. The van der Waals surface area contributed by atoms with Gasteiger partial charge >= 0.3 is 0 Å². The van der Waals surface area contributed by atoms with Gasteiger partial charge < -0.3 is 16.4 Å². The Morgan fingerprint density at radius 1 is 1.26 bits per heavy atom. The third kappa shape index (κ3) is 3.26. The van der Waals surface area contributed by atoms with Gasteiger partial charge in [0.2, 0.25) is 0 Å². The number of rotatable bonds is 2. The molecule has 23 heavy (non-hydrogen) atoms. The number of nitrogen functional groups attached to an aromatic ring is 1. The van der Waals surface area contributed by atoms with Crippen molar-refractivity contribution in [3.05, 3.63) is 35.0 Å². The van der Waals surface area contributed by atoms with E-state index in [9.17, 15) is 0 Å². The van der Waals surface area contributed by atoms with Crippen molar-refractivity contribution < 1.29 is 0 Å². The molecule has 6 heteroatoms. The molecule has 1 saturated heterocycles. The molecular weight excluding hydrogens is 310 g/mol. The van der Waals surface area contributed by atoms with Crippen molar-refractivity contribution in [2.75, 3.05) is 23.7 Å². The van der Waals surface area contributed by atoms with E-state index in [0.717, 1.165) is 42.9 Å². The fourth-order valence-electron chi connectivity index (χ4n) is 2.83. The van der Waals surface area contributed by atoms with Gasteiger partial charge in [-0.3, -0.25) is 0 Å². The second-order valence-electron chi connectivity index (χ2n) is 6.54. The van der Waals surface area contributed by atoms with Crippen LogP contribution in [-0.4, -0.2) is 28.6 Å². The lowest BCUT2D eigenvalue weighted by Gasteiger charge is -2.37. The second-order valence-corrected chi connectivity index (χ2v) is 6.92. The van der Waals surface area contributed by atoms with Gasteiger partial charge in [-0.2, -0.15) is 0 Å². The molecule has 1 fully saturated rings. The van der Waals surface area contributed by atoms with Crippen LogP contribution >= 0.6 is 11.6 Å². The minimum Gasteiger partial charge on any atom is -0.382 e. The first-order chi connectivity index (χ1) is 10.9. The lowest BCUT2D eigenvalue weighted by atomic mass is 9.91. The Labute approximate surface area is 141 Å². The first-order valence-electron chi connectivity index (χ1n) is 7.79. The summed E-state index contributed by atoms with van der Waals surface area (Å²) in [6.07, 6.45) is 3.63. The predicted molar refractivity (Wildman–Crippen MR) is 95.7 cm³/mol. The molecule has 0 amide bonds. The third-order valence-electron chi connectivity index (χ3n) is 4.46. The first-order valence-corrected chi connectivity index (χ1v) is 8.17. The maximum atomic E-state index is 6.37. The quantitative estimate of drug-likeness (QED) is 0.884. The summed E-state index contributed by atoms with van der Waals surface area (Å²) < 4.78 is 0. The Kier molecular flexibility index (Phi) is 4.17. The van der Waals surface area contributed by atoms with Crippen LogP contribution in [-0.2, 0) is 0 Å². The summed E-state index contributed by atoms with van der Waals surface area (Å²) in [5.74, 6) is 1.20. The minimum absolute atomic E-state index is 0.0928. The van der Waals surface area contributed by atoms with Crippen LogP contribution < -0.4 is 16.4 Å². The molecule has 0 bridgehead atoms. The van der Waals surface area contributed by atoms with E-state index in [1.807, 2.05) is 25.1 Å². The summed E-state index contributed by atoms with van der Waals surface area (Å²) in [4.78, 5) is 11.2. The molecule has 1 aromatic carbocycles. The maximum Gasteiger partial charge on any atom is 0.152 e. The molecule has 0 unspecified atom stereocenters. The number of piperidine rings is 1. The van der Waals surface area contributed by atoms with Crippen molar-refractivity contribution >= 4 is 23.2 Å². The van der Waals surface area contributed by atoms with Crippen molar-refractivity contribution in [2.45, 2.75) is 32.2 Å². The smallest absolute Gasteiger partial charge is 0.152 e. The predicted octanol–water partition coefficient (Wildman–Crippen LogP) is 3.01. The highest BCUT2D eigenvalue weighted by molar-refractivity contribution is 6.34. The molecule has 0 spiro atoms. The van der Waals surface area contributed by atoms with Gasteiger partial charge in [0.25, 0.3) is 0 Å². The van der Waals surface area contributed by atoms with Gasteiger partial charge in [-0.15, -0.1) is 0 Å². The molecule has 5 nitrogen and oxygen atoms in total. The lowest BCUT2D eigenvalue weighted by Crippen LogP contribution is -2.48. The molecule has 122 valence electrons. The van der Waals surface area contributed by atoms with Crippen molar-refractivity contribution in [3.8, 4) is 11.3 Å². The summed E-state index contributed by atoms with van der Waals surface area (Å²) >= 11 is 6.37. The topological polar surface area (TPSA) is 81.1 Å². The molecular formula is C17H22ClN5.